The summed E-state index contributed by atoms with van der Waals surface area (Å²) in [7, 11) is 0. The Morgan fingerprint density at radius 1 is 1.18 bits per heavy atom. The average Bonchev–Trinajstić information content (AvgIpc) is 2.85. The number of nitrogens with zero attached hydrogens (tertiary/aromatic N) is 3. The molecule has 2 aromatic rings. The minimum absolute atomic E-state index is 0.186. The number of pyridine rings is 1. The van der Waals surface area contributed by atoms with E-state index in [2.05, 4.69) is 35.3 Å². The molecule has 0 saturated carbocycles. The second-order valence-corrected chi connectivity index (χ2v) is 3.84. The standard InChI is InChI=1S/C13H18N4/c1-3-15-13(11-5-8-14-9-6-11)12-7-10-16-17(12)4-2/h5-10,13,15H,3-4H2,1-2H3. The van der Waals surface area contributed by atoms with Crippen molar-refractivity contribution >= 4 is 0 Å². The molecule has 17 heavy (non-hydrogen) atoms. The molecule has 2 heterocycles. The van der Waals surface area contributed by atoms with Crippen molar-refractivity contribution in [1.29, 1.82) is 0 Å². The second kappa shape index (κ2) is 5.59. The highest BCUT2D eigenvalue weighted by atomic mass is 15.3. The van der Waals surface area contributed by atoms with Crippen LogP contribution in [0.4, 0.5) is 0 Å². The van der Waals surface area contributed by atoms with Crippen molar-refractivity contribution in [2.24, 2.45) is 0 Å². The minimum Gasteiger partial charge on any atom is -0.305 e. The molecule has 4 heteroatoms. The van der Waals surface area contributed by atoms with Crippen LogP contribution in [0.3, 0.4) is 0 Å². The Bertz CT molecular complexity index is 449. The maximum atomic E-state index is 4.32. The molecule has 2 aromatic heterocycles. The van der Waals surface area contributed by atoms with Gasteiger partial charge in [0, 0.05) is 25.1 Å². The fraction of sp³-hybridized carbons (Fsp3) is 0.385. The summed E-state index contributed by atoms with van der Waals surface area (Å²) in [5.74, 6) is 0. The lowest BCUT2D eigenvalue weighted by molar-refractivity contribution is 0.542. The van der Waals surface area contributed by atoms with Crippen LogP contribution in [0.15, 0.2) is 36.8 Å². The summed E-state index contributed by atoms with van der Waals surface area (Å²) < 4.78 is 2.02. The van der Waals surface area contributed by atoms with Crippen LogP contribution in [0, 0.1) is 0 Å². The van der Waals surface area contributed by atoms with Gasteiger partial charge in [0.25, 0.3) is 0 Å². The van der Waals surface area contributed by atoms with Crippen LogP contribution in [0.5, 0.6) is 0 Å². The smallest absolute Gasteiger partial charge is 0.0749 e. The van der Waals surface area contributed by atoms with Gasteiger partial charge in [-0.05, 0) is 37.2 Å². The highest BCUT2D eigenvalue weighted by Crippen LogP contribution is 2.20. The van der Waals surface area contributed by atoms with E-state index in [1.807, 2.05) is 35.4 Å². The summed E-state index contributed by atoms with van der Waals surface area (Å²) in [4.78, 5) is 4.06. The van der Waals surface area contributed by atoms with E-state index in [1.54, 1.807) is 0 Å². The van der Waals surface area contributed by atoms with E-state index in [-0.39, 0.29) is 6.04 Å². The van der Waals surface area contributed by atoms with Gasteiger partial charge in [-0.2, -0.15) is 5.10 Å². The van der Waals surface area contributed by atoms with Crippen LogP contribution < -0.4 is 5.32 Å². The summed E-state index contributed by atoms with van der Waals surface area (Å²) in [5, 5.41) is 7.81. The molecule has 1 N–H and O–H groups in total. The van der Waals surface area contributed by atoms with Crippen LogP contribution >= 0.6 is 0 Å². The minimum atomic E-state index is 0.186. The van der Waals surface area contributed by atoms with Gasteiger partial charge >= 0.3 is 0 Å². The van der Waals surface area contributed by atoms with Crippen molar-refractivity contribution in [3.8, 4) is 0 Å². The third kappa shape index (κ3) is 2.53. The predicted molar refractivity (Wildman–Crippen MR) is 67.7 cm³/mol. The monoisotopic (exact) mass is 230 g/mol. The Hall–Kier alpha value is -1.68. The molecule has 4 nitrogen and oxygen atoms in total. The largest absolute Gasteiger partial charge is 0.305 e. The van der Waals surface area contributed by atoms with E-state index >= 15 is 0 Å². The van der Waals surface area contributed by atoms with Crippen molar-refractivity contribution in [2.45, 2.75) is 26.4 Å². The van der Waals surface area contributed by atoms with Gasteiger partial charge in [0.2, 0.25) is 0 Å². The molecular formula is C13H18N4. The van der Waals surface area contributed by atoms with Gasteiger partial charge in [-0.3, -0.25) is 9.67 Å². The number of rotatable bonds is 5. The molecule has 90 valence electrons. The number of aryl methyl sites for hydroxylation is 1. The SMILES string of the molecule is CCNC(c1ccncc1)c1ccnn1CC. The molecule has 1 unspecified atom stereocenters. The lowest BCUT2D eigenvalue weighted by atomic mass is 10.1. The molecule has 0 amide bonds. The van der Waals surface area contributed by atoms with Crippen LogP contribution in [0.1, 0.15) is 31.1 Å². The summed E-state index contributed by atoms with van der Waals surface area (Å²) in [6.07, 6.45) is 5.50. The van der Waals surface area contributed by atoms with Crippen LogP contribution in [-0.2, 0) is 6.54 Å². The van der Waals surface area contributed by atoms with E-state index < -0.39 is 0 Å². The number of nitrogens with one attached hydrogen (secondary N) is 1. The first-order valence-electron chi connectivity index (χ1n) is 6.01. The van der Waals surface area contributed by atoms with E-state index in [0.717, 1.165) is 13.1 Å². The van der Waals surface area contributed by atoms with Crippen LogP contribution in [-0.4, -0.2) is 21.3 Å². The van der Waals surface area contributed by atoms with Gasteiger partial charge in [0.1, 0.15) is 0 Å². The Balaban J connectivity index is 2.36. The molecule has 1 atom stereocenters. The first kappa shape index (κ1) is 11.8. The molecule has 0 aliphatic rings. The highest BCUT2D eigenvalue weighted by Gasteiger charge is 2.16. The quantitative estimate of drug-likeness (QED) is 0.854. The zero-order valence-corrected chi connectivity index (χ0v) is 10.3. The van der Waals surface area contributed by atoms with Crippen LogP contribution in [0.2, 0.25) is 0 Å². The number of aromatic nitrogens is 3. The van der Waals surface area contributed by atoms with Gasteiger partial charge in [-0.1, -0.05) is 6.92 Å². The van der Waals surface area contributed by atoms with Crippen LogP contribution in [0.25, 0.3) is 0 Å². The lowest BCUT2D eigenvalue weighted by Crippen LogP contribution is -2.24. The molecule has 0 aliphatic carbocycles. The van der Waals surface area contributed by atoms with Gasteiger partial charge < -0.3 is 5.32 Å². The van der Waals surface area contributed by atoms with Gasteiger partial charge in [-0.25, -0.2) is 0 Å². The third-order valence-electron chi connectivity index (χ3n) is 2.79. The zero-order chi connectivity index (χ0) is 12.1. The number of hydrogen-bond donors (Lipinski definition) is 1. The Kier molecular flexibility index (Phi) is 3.88. The molecule has 0 saturated heterocycles. The molecule has 0 spiro atoms. The lowest BCUT2D eigenvalue weighted by Gasteiger charge is -2.19. The van der Waals surface area contributed by atoms with E-state index in [4.69, 9.17) is 0 Å². The molecule has 2 rings (SSSR count). The van der Waals surface area contributed by atoms with Crippen molar-refractivity contribution in [3.05, 3.63) is 48.0 Å². The maximum absolute atomic E-state index is 4.32. The molecule has 0 aromatic carbocycles. The summed E-state index contributed by atoms with van der Waals surface area (Å²) in [5.41, 5.74) is 2.41. The van der Waals surface area contributed by atoms with Crippen molar-refractivity contribution in [1.82, 2.24) is 20.1 Å². The molecule has 0 bridgehead atoms. The molecule has 0 aliphatic heterocycles. The molecular weight excluding hydrogens is 212 g/mol. The fourth-order valence-corrected chi connectivity index (χ4v) is 2.01. The fourth-order valence-electron chi connectivity index (χ4n) is 2.01. The number of hydrogen-bond acceptors (Lipinski definition) is 3. The summed E-state index contributed by atoms with van der Waals surface area (Å²) >= 11 is 0. The first-order chi connectivity index (χ1) is 8.36. The van der Waals surface area contributed by atoms with Crippen molar-refractivity contribution < 1.29 is 0 Å². The molecule has 0 radical (unpaired) electrons. The van der Waals surface area contributed by atoms with Crippen molar-refractivity contribution in [2.75, 3.05) is 6.54 Å². The van der Waals surface area contributed by atoms with E-state index in [1.165, 1.54) is 11.3 Å². The predicted octanol–water partition coefficient (Wildman–Crippen LogP) is 2.00. The summed E-state index contributed by atoms with van der Waals surface area (Å²) in [6.45, 7) is 6.02. The molecule has 0 fully saturated rings. The highest BCUT2D eigenvalue weighted by molar-refractivity contribution is 5.25. The Morgan fingerprint density at radius 2 is 1.94 bits per heavy atom. The topological polar surface area (TPSA) is 42.7 Å². The van der Waals surface area contributed by atoms with E-state index in [0.29, 0.717) is 0 Å². The zero-order valence-electron chi connectivity index (χ0n) is 10.3. The summed E-state index contributed by atoms with van der Waals surface area (Å²) in [6, 6.07) is 6.34. The van der Waals surface area contributed by atoms with Gasteiger partial charge in [0.15, 0.2) is 0 Å². The Labute approximate surface area is 102 Å². The van der Waals surface area contributed by atoms with Gasteiger partial charge in [-0.15, -0.1) is 0 Å². The van der Waals surface area contributed by atoms with E-state index in [9.17, 15) is 0 Å². The average molecular weight is 230 g/mol. The second-order valence-electron chi connectivity index (χ2n) is 3.84. The Morgan fingerprint density at radius 3 is 2.59 bits per heavy atom. The van der Waals surface area contributed by atoms with Gasteiger partial charge in [0.05, 0.1) is 11.7 Å². The normalized spacial score (nSPS) is 12.6. The van der Waals surface area contributed by atoms with Crippen molar-refractivity contribution in [3.63, 3.8) is 0 Å². The maximum Gasteiger partial charge on any atom is 0.0749 e. The first-order valence-corrected chi connectivity index (χ1v) is 6.01. The third-order valence-corrected chi connectivity index (χ3v) is 2.79.